The second kappa shape index (κ2) is 6.47. The lowest BCUT2D eigenvalue weighted by atomic mass is 9.98. The number of nitrogens with zero attached hydrogens (tertiary/aromatic N) is 2. The van der Waals surface area contributed by atoms with Crippen molar-refractivity contribution in [3.8, 4) is 0 Å². The van der Waals surface area contributed by atoms with Crippen molar-refractivity contribution in [1.82, 2.24) is 10.3 Å². The highest BCUT2D eigenvalue weighted by Gasteiger charge is 2.34. The summed E-state index contributed by atoms with van der Waals surface area (Å²) in [5.41, 5.74) is 1.06. The van der Waals surface area contributed by atoms with Gasteiger partial charge in [0.2, 0.25) is 0 Å². The third-order valence-corrected chi connectivity index (χ3v) is 4.31. The van der Waals surface area contributed by atoms with Crippen LogP contribution in [0.4, 0.5) is 11.4 Å². The van der Waals surface area contributed by atoms with Crippen molar-refractivity contribution in [3.63, 3.8) is 0 Å². The summed E-state index contributed by atoms with van der Waals surface area (Å²) in [6.45, 7) is 2.07. The molecule has 0 bridgehead atoms. The maximum absolute atomic E-state index is 11.4. The van der Waals surface area contributed by atoms with E-state index in [-0.39, 0.29) is 11.2 Å². The van der Waals surface area contributed by atoms with Crippen LogP contribution in [0.3, 0.4) is 0 Å². The fraction of sp³-hybridized carbons (Fsp3) is 0.438. The number of anilines is 1. The first-order valence-electron chi connectivity index (χ1n) is 7.65. The standard InChI is InChI=1S/C16H20N4O3/c1-23-11-16(7-4-8-19-16)10-18-15-12-5-2-3-6-13(12)17-9-14(15)20(21)22/h2-3,5-6,9,19H,4,7-8,10-11H2,1H3,(H,17,18). The first-order valence-corrected chi connectivity index (χ1v) is 7.65. The van der Waals surface area contributed by atoms with E-state index in [1.165, 1.54) is 6.20 Å². The van der Waals surface area contributed by atoms with Gasteiger partial charge in [-0.1, -0.05) is 18.2 Å². The van der Waals surface area contributed by atoms with Gasteiger partial charge in [0.05, 0.1) is 22.6 Å². The highest BCUT2D eigenvalue weighted by atomic mass is 16.6. The molecule has 0 spiro atoms. The number of nitro groups is 1. The Morgan fingerprint density at radius 3 is 3.00 bits per heavy atom. The number of nitrogens with one attached hydrogen (secondary N) is 2. The SMILES string of the molecule is COCC1(CNc2c([N+](=O)[O-])cnc3ccccc23)CCCN1. The number of ether oxygens (including phenoxy) is 1. The Morgan fingerprint density at radius 1 is 1.48 bits per heavy atom. The maximum Gasteiger partial charge on any atom is 0.311 e. The Bertz CT molecular complexity index is 714. The predicted octanol–water partition coefficient (Wildman–Crippen LogP) is 2.32. The molecule has 0 aliphatic carbocycles. The number of hydrogen-bond donors (Lipinski definition) is 2. The summed E-state index contributed by atoms with van der Waals surface area (Å²) in [6, 6.07) is 7.43. The van der Waals surface area contributed by atoms with E-state index in [0.29, 0.717) is 18.8 Å². The Labute approximate surface area is 134 Å². The molecule has 122 valence electrons. The van der Waals surface area contributed by atoms with Gasteiger partial charge in [-0.25, -0.2) is 4.98 Å². The highest BCUT2D eigenvalue weighted by molar-refractivity contribution is 5.95. The largest absolute Gasteiger partial charge is 0.383 e. The minimum atomic E-state index is -0.396. The summed E-state index contributed by atoms with van der Waals surface area (Å²) in [5, 5.41) is 18.9. The summed E-state index contributed by atoms with van der Waals surface area (Å²) in [7, 11) is 1.67. The Balaban J connectivity index is 1.94. The minimum Gasteiger partial charge on any atom is -0.383 e. The molecule has 2 aromatic rings. The van der Waals surface area contributed by atoms with Gasteiger partial charge in [-0.15, -0.1) is 0 Å². The second-order valence-electron chi connectivity index (χ2n) is 5.89. The number of rotatable bonds is 6. The van der Waals surface area contributed by atoms with Crippen molar-refractivity contribution >= 4 is 22.3 Å². The van der Waals surface area contributed by atoms with Crippen LogP contribution in [0.25, 0.3) is 10.9 Å². The zero-order chi connectivity index (χ0) is 16.3. The van der Waals surface area contributed by atoms with E-state index in [9.17, 15) is 10.1 Å². The minimum absolute atomic E-state index is 0.00531. The fourth-order valence-electron chi connectivity index (χ4n) is 3.18. The van der Waals surface area contributed by atoms with Gasteiger partial charge >= 0.3 is 5.69 Å². The van der Waals surface area contributed by atoms with Crippen LogP contribution in [0, 0.1) is 10.1 Å². The van der Waals surface area contributed by atoms with Crippen molar-refractivity contribution in [2.75, 3.05) is 32.1 Å². The normalized spacial score (nSPS) is 20.7. The summed E-state index contributed by atoms with van der Waals surface area (Å²) in [6.07, 6.45) is 3.37. The van der Waals surface area contributed by atoms with Gasteiger partial charge in [0.25, 0.3) is 0 Å². The van der Waals surface area contributed by atoms with E-state index < -0.39 is 4.92 Å². The summed E-state index contributed by atoms with van der Waals surface area (Å²) in [5.74, 6) is 0. The van der Waals surface area contributed by atoms with Crippen LogP contribution in [0.15, 0.2) is 30.5 Å². The lowest BCUT2D eigenvalue weighted by Gasteiger charge is -2.29. The molecule has 1 aliphatic heterocycles. The molecule has 0 saturated carbocycles. The van der Waals surface area contributed by atoms with Crippen LogP contribution in [0.1, 0.15) is 12.8 Å². The van der Waals surface area contributed by atoms with E-state index in [1.807, 2.05) is 24.3 Å². The molecule has 1 unspecified atom stereocenters. The molecular formula is C16H20N4O3. The molecule has 0 radical (unpaired) electrons. The Hall–Kier alpha value is -2.25. The van der Waals surface area contributed by atoms with Gasteiger partial charge in [-0.05, 0) is 25.5 Å². The molecule has 1 aromatic heterocycles. The van der Waals surface area contributed by atoms with Gasteiger partial charge < -0.3 is 15.4 Å². The van der Waals surface area contributed by atoms with Crippen molar-refractivity contribution in [1.29, 1.82) is 0 Å². The molecule has 1 atom stereocenters. The molecule has 1 aliphatic rings. The fourth-order valence-corrected chi connectivity index (χ4v) is 3.18. The van der Waals surface area contributed by atoms with Crippen LogP contribution < -0.4 is 10.6 Å². The van der Waals surface area contributed by atoms with Crippen molar-refractivity contribution < 1.29 is 9.66 Å². The van der Waals surface area contributed by atoms with Gasteiger partial charge in [0, 0.05) is 19.0 Å². The van der Waals surface area contributed by atoms with Gasteiger partial charge in [-0.2, -0.15) is 0 Å². The molecule has 23 heavy (non-hydrogen) atoms. The zero-order valence-corrected chi connectivity index (χ0v) is 13.0. The van der Waals surface area contributed by atoms with Crippen molar-refractivity contribution in [2.45, 2.75) is 18.4 Å². The number of hydrogen-bond acceptors (Lipinski definition) is 6. The predicted molar refractivity (Wildman–Crippen MR) is 88.7 cm³/mol. The average molecular weight is 316 g/mol. The molecule has 1 saturated heterocycles. The maximum atomic E-state index is 11.4. The number of benzene rings is 1. The molecule has 3 rings (SSSR count). The third-order valence-electron chi connectivity index (χ3n) is 4.31. The van der Waals surface area contributed by atoms with Crippen LogP contribution in [-0.4, -0.2) is 42.3 Å². The second-order valence-corrected chi connectivity index (χ2v) is 5.89. The van der Waals surface area contributed by atoms with Crippen LogP contribution in [0.5, 0.6) is 0 Å². The van der Waals surface area contributed by atoms with E-state index in [0.717, 1.165) is 30.3 Å². The lowest BCUT2D eigenvalue weighted by Crippen LogP contribution is -2.49. The molecular weight excluding hydrogens is 296 g/mol. The van der Waals surface area contributed by atoms with E-state index in [1.54, 1.807) is 7.11 Å². The number of methoxy groups -OCH3 is 1. The molecule has 1 fully saturated rings. The summed E-state index contributed by atoms with van der Waals surface area (Å²) in [4.78, 5) is 15.1. The number of pyridine rings is 1. The Kier molecular flexibility index (Phi) is 4.40. The molecule has 1 aromatic carbocycles. The average Bonchev–Trinajstić information content (AvgIpc) is 3.01. The topological polar surface area (TPSA) is 89.3 Å². The quantitative estimate of drug-likeness (QED) is 0.628. The molecule has 2 heterocycles. The lowest BCUT2D eigenvalue weighted by molar-refractivity contribution is -0.384. The first-order chi connectivity index (χ1) is 11.2. The summed E-state index contributed by atoms with van der Waals surface area (Å²) >= 11 is 0. The molecule has 2 N–H and O–H groups in total. The third kappa shape index (κ3) is 3.11. The first kappa shape index (κ1) is 15.6. The molecule has 0 amide bonds. The van der Waals surface area contributed by atoms with Crippen LogP contribution in [-0.2, 0) is 4.74 Å². The van der Waals surface area contributed by atoms with Gasteiger partial charge in [0.15, 0.2) is 0 Å². The number of aromatic nitrogens is 1. The smallest absolute Gasteiger partial charge is 0.311 e. The van der Waals surface area contributed by atoms with Gasteiger partial charge in [0.1, 0.15) is 11.9 Å². The summed E-state index contributed by atoms with van der Waals surface area (Å²) < 4.78 is 5.33. The van der Waals surface area contributed by atoms with E-state index >= 15 is 0 Å². The van der Waals surface area contributed by atoms with Crippen LogP contribution in [0.2, 0.25) is 0 Å². The molecule has 7 heteroatoms. The van der Waals surface area contributed by atoms with Crippen LogP contribution >= 0.6 is 0 Å². The molecule has 7 nitrogen and oxygen atoms in total. The number of fused-ring (bicyclic) bond motifs is 1. The van der Waals surface area contributed by atoms with Gasteiger partial charge in [-0.3, -0.25) is 10.1 Å². The Morgan fingerprint density at radius 2 is 2.30 bits per heavy atom. The van der Waals surface area contributed by atoms with Crippen molar-refractivity contribution in [3.05, 3.63) is 40.6 Å². The highest BCUT2D eigenvalue weighted by Crippen LogP contribution is 2.32. The monoisotopic (exact) mass is 316 g/mol. The van der Waals surface area contributed by atoms with E-state index in [2.05, 4.69) is 15.6 Å². The zero-order valence-electron chi connectivity index (χ0n) is 13.0. The number of para-hydroxylation sites is 1. The van der Waals surface area contributed by atoms with E-state index in [4.69, 9.17) is 4.74 Å². The van der Waals surface area contributed by atoms with Crippen molar-refractivity contribution in [2.24, 2.45) is 0 Å².